The number of nitriles is 2. The highest BCUT2D eigenvalue weighted by Gasteiger charge is 2.47. The number of ketones is 3. The molecule has 16 rings (SSSR count). The van der Waals surface area contributed by atoms with Gasteiger partial charge in [-0.2, -0.15) is 10.5 Å². The SMILES string of the molecule is Cc1c(C(=O)CN2C3CCC2CC3)c2ccc(CC3COC3)cc2n1-c1ccc(Cl)cc1.Cc1c(C(=O)CN2C3CCC2CC3)c2ccc(CCC#N)cc2n1-c1ccc(Cl)cc1.Cc1c(C(=O)CN2C3CCC2[C@@H](O)C3)c2ccc(CCC#N)cc2n1-c1ccc(Cl)cc1. The minimum atomic E-state index is -0.319. The molecule has 10 heterocycles. The summed E-state index contributed by atoms with van der Waals surface area (Å²) in [5.74, 6) is 1.15. The summed E-state index contributed by atoms with van der Waals surface area (Å²) in [6.07, 6.45) is 15.7. The van der Waals surface area contributed by atoms with Gasteiger partial charge in [0.25, 0.3) is 0 Å². The summed E-state index contributed by atoms with van der Waals surface area (Å²) in [5, 5.41) is 33.3. The summed E-state index contributed by atoms with van der Waals surface area (Å²) in [5.41, 5.74) is 14.9. The van der Waals surface area contributed by atoms with Crippen molar-refractivity contribution in [3.8, 4) is 29.2 Å². The average Bonchev–Trinajstić information content (AvgIpc) is 1.61. The Morgan fingerprint density at radius 1 is 0.463 bits per heavy atom. The molecule has 6 aromatic carbocycles. The van der Waals surface area contributed by atoms with Crippen LogP contribution in [0.4, 0.5) is 0 Å². The maximum absolute atomic E-state index is 13.7. The van der Waals surface area contributed by atoms with E-state index in [-0.39, 0.29) is 29.5 Å². The van der Waals surface area contributed by atoms with E-state index in [1.54, 1.807) is 0 Å². The van der Waals surface area contributed by atoms with Crippen LogP contribution in [0.3, 0.4) is 0 Å². The molecule has 95 heavy (non-hydrogen) atoms. The van der Waals surface area contributed by atoms with Gasteiger partial charge < -0.3 is 23.5 Å². The lowest BCUT2D eigenvalue weighted by Crippen LogP contribution is -2.36. The van der Waals surface area contributed by atoms with Crippen molar-refractivity contribution in [2.24, 2.45) is 5.92 Å². The fourth-order valence-corrected chi connectivity index (χ4v) is 17.8. The van der Waals surface area contributed by atoms with E-state index in [9.17, 15) is 19.5 Å². The number of aromatic nitrogens is 3. The zero-order valence-corrected chi connectivity index (χ0v) is 56.7. The number of nitrogens with zero attached hydrogens (tertiary/aromatic N) is 8. The largest absolute Gasteiger partial charge is 0.391 e. The molecule has 0 spiro atoms. The molecule has 9 aromatic rings. The maximum Gasteiger partial charge on any atom is 0.179 e. The first-order valence-electron chi connectivity index (χ1n) is 34.2. The van der Waals surface area contributed by atoms with E-state index < -0.39 is 0 Å². The lowest BCUT2D eigenvalue weighted by atomic mass is 9.96. The van der Waals surface area contributed by atoms with Crippen LogP contribution in [0.15, 0.2) is 127 Å². The first-order valence-corrected chi connectivity index (χ1v) is 35.3. The quantitative estimate of drug-likeness (QED) is 0.0822. The second-order valence-electron chi connectivity index (χ2n) is 27.6. The van der Waals surface area contributed by atoms with Crippen LogP contribution in [0.25, 0.3) is 49.8 Å². The number of benzene rings is 6. The molecular weight excluding hydrogens is 1250 g/mol. The fraction of sp³-hybridized carbons (Fsp3) is 0.405. The van der Waals surface area contributed by atoms with Crippen LogP contribution >= 0.6 is 34.8 Å². The monoisotopic (exact) mass is 1330 g/mol. The summed E-state index contributed by atoms with van der Waals surface area (Å²) >= 11 is 18.4. The molecule has 0 saturated carbocycles. The van der Waals surface area contributed by atoms with Crippen molar-refractivity contribution >= 4 is 84.9 Å². The molecule has 7 fully saturated rings. The second-order valence-corrected chi connectivity index (χ2v) is 28.9. The van der Waals surface area contributed by atoms with Crippen LogP contribution in [-0.4, -0.2) is 126 Å². The van der Waals surface area contributed by atoms with E-state index in [0.29, 0.717) is 96.5 Å². The average molecular weight is 1330 g/mol. The number of halogens is 3. The molecule has 7 aliphatic rings. The van der Waals surface area contributed by atoms with E-state index >= 15 is 0 Å². The summed E-state index contributed by atoms with van der Waals surface area (Å²) in [6.45, 7) is 9.18. The first kappa shape index (κ1) is 64.9. The van der Waals surface area contributed by atoms with Gasteiger partial charge in [0.05, 0.1) is 67.6 Å². The Morgan fingerprint density at radius 2 is 0.800 bits per heavy atom. The highest BCUT2D eigenvalue weighted by atomic mass is 35.5. The van der Waals surface area contributed by atoms with Gasteiger partial charge in [0.15, 0.2) is 17.3 Å². The minimum Gasteiger partial charge on any atom is -0.391 e. The number of carbonyl (C=O) groups is 3. The highest BCUT2D eigenvalue weighted by molar-refractivity contribution is 6.31. The Kier molecular flexibility index (Phi) is 18.9. The van der Waals surface area contributed by atoms with Crippen LogP contribution in [0.2, 0.25) is 15.1 Å². The first-order chi connectivity index (χ1) is 46.1. The van der Waals surface area contributed by atoms with Crippen molar-refractivity contribution < 1.29 is 24.2 Å². The number of rotatable bonds is 18. The summed E-state index contributed by atoms with van der Waals surface area (Å²) in [4.78, 5) is 48.0. The number of carbonyl (C=O) groups excluding carboxylic acids is 3. The molecule has 0 amide bonds. The molecule has 13 nitrogen and oxygen atoms in total. The van der Waals surface area contributed by atoms with Gasteiger partial charge in [-0.1, -0.05) is 71.2 Å². The molecule has 3 aromatic heterocycles. The number of Topliss-reactive ketones (excluding diaryl/α,β-unsaturated/α-hetero) is 3. The molecule has 488 valence electrons. The molecular formula is C79H81Cl3N8O5. The van der Waals surface area contributed by atoms with E-state index in [1.165, 1.54) is 56.9 Å². The van der Waals surface area contributed by atoms with Crippen molar-refractivity contribution in [3.63, 3.8) is 0 Å². The van der Waals surface area contributed by atoms with Gasteiger partial charge in [-0.15, -0.1) is 0 Å². The maximum atomic E-state index is 13.7. The smallest absolute Gasteiger partial charge is 0.179 e. The van der Waals surface area contributed by atoms with E-state index in [0.717, 1.165) is 134 Å². The molecule has 0 aliphatic carbocycles. The highest BCUT2D eigenvalue weighted by Crippen LogP contribution is 2.43. The molecule has 1 N–H and O–H groups in total. The molecule has 3 atom stereocenters. The summed E-state index contributed by atoms with van der Waals surface area (Å²) in [7, 11) is 0. The Morgan fingerprint density at radius 3 is 1.12 bits per heavy atom. The number of fused-ring (bicyclic) bond motifs is 9. The van der Waals surface area contributed by atoms with Crippen molar-refractivity contribution in [3.05, 3.63) is 193 Å². The van der Waals surface area contributed by atoms with E-state index in [2.05, 4.69) is 89.9 Å². The van der Waals surface area contributed by atoms with Gasteiger partial charge in [0.2, 0.25) is 0 Å². The lowest BCUT2D eigenvalue weighted by Gasteiger charge is -2.25. The van der Waals surface area contributed by atoms with Crippen LogP contribution < -0.4 is 0 Å². The van der Waals surface area contributed by atoms with E-state index in [4.69, 9.17) is 50.1 Å². The van der Waals surface area contributed by atoms with Gasteiger partial charge in [0, 0.05) is 137 Å². The topological polar surface area (TPSA) is 153 Å². The van der Waals surface area contributed by atoms with Crippen LogP contribution in [0, 0.1) is 49.4 Å². The van der Waals surface area contributed by atoms with Crippen molar-refractivity contribution in [2.75, 3.05) is 32.8 Å². The standard InChI is InChI=1S/C27H29ClN2O2.C26H26ClN3O2.C26H26ClN3O/c1-17-27(26(31)14-29-21-7-8-22(29)10-9-21)24-11-2-18(12-19-15-32-16-19)13-25(24)30(17)23-5-3-20(28)4-6-23;1-16-26(25(32)15-29-20-9-11-22(29)24(31)14-20)21-10-4-17(3-2-12-28)13-23(21)30(16)19-7-5-18(27)6-8-19;1-17-26(25(31)16-29-20-9-10-21(29)12-11-20)23-13-4-18(3-2-14-28)15-24(23)30(17)22-7-5-19(27)6-8-22/h2-6,11,13,19,21-22H,7-10,12,14-16H2,1H3;4-8,10,13,20,22,24,31H,2-3,9,11,14-15H2,1H3;4-8,13,15,20-21H,2-3,9-12,16H2,1H3/t;20?,22?,24-;/m.0./s1. The predicted molar refractivity (Wildman–Crippen MR) is 378 cm³/mol. The van der Waals surface area contributed by atoms with Crippen LogP contribution in [0.5, 0.6) is 0 Å². The Labute approximate surface area is 571 Å². The van der Waals surface area contributed by atoms with Crippen LogP contribution in [-0.2, 0) is 24.0 Å². The number of aliphatic hydroxyl groups excluding tert-OH is 1. The minimum absolute atomic E-state index is 0.0935. The molecule has 0 radical (unpaired) electrons. The van der Waals surface area contributed by atoms with E-state index in [1.807, 2.05) is 98.8 Å². The Balaban J connectivity index is 0.000000123. The number of hydrogen-bond donors (Lipinski definition) is 1. The Bertz CT molecular complexity index is 4460. The molecule has 6 bridgehead atoms. The third kappa shape index (κ3) is 12.7. The summed E-state index contributed by atoms with van der Waals surface area (Å²) < 4.78 is 11.9. The Hall–Kier alpha value is -7.40. The normalized spacial score (nSPS) is 22.1. The number of hydrogen-bond acceptors (Lipinski definition) is 10. The molecule has 7 aliphatic heterocycles. The van der Waals surface area contributed by atoms with Gasteiger partial charge in [-0.3, -0.25) is 29.1 Å². The zero-order chi connectivity index (χ0) is 65.8. The third-order valence-electron chi connectivity index (χ3n) is 22.0. The third-order valence-corrected chi connectivity index (χ3v) is 22.8. The molecule has 2 unspecified atom stereocenters. The van der Waals surface area contributed by atoms with Gasteiger partial charge in [-0.05, 0) is 218 Å². The number of aryl methyl sites for hydroxylation is 2. The lowest BCUT2D eigenvalue weighted by molar-refractivity contribution is -0.0312. The predicted octanol–water partition coefficient (Wildman–Crippen LogP) is 16.3. The molecule has 16 heteroatoms. The van der Waals surface area contributed by atoms with Gasteiger partial charge in [-0.25, -0.2) is 0 Å². The number of ether oxygens (including phenoxy) is 1. The number of aliphatic hydroxyl groups is 1. The fourth-order valence-electron chi connectivity index (χ4n) is 17.4. The van der Waals surface area contributed by atoms with Crippen molar-refractivity contribution in [1.29, 1.82) is 10.5 Å². The van der Waals surface area contributed by atoms with Crippen molar-refractivity contribution in [1.82, 2.24) is 28.4 Å². The molecule has 7 saturated heterocycles. The summed E-state index contributed by atoms with van der Waals surface area (Å²) in [6, 6.07) is 49.5. The van der Waals surface area contributed by atoms with Gasteiger partial charge >= 0.3 is 0 Å². The second kappa shape index (κ2) is 27.6. The van der Waals surface area contributed by atoms with Gasteiger partial charge in [0.1, 0.15) is 0 Å². The zero-order valence-electron chi connectivity index (χ0n) is 54.4. The van der Waals surface area contributed by atoms with Crippen molar-refractivity contribution in [2.45, 2.75) is 166 Å². The van der Waals surface area contributed by atoms with Crippen LogP contribution in [0.1, 0.15) is 148 Å².